The van der Waals surface area contributed by atoms with Gasteiger partial charge < -0.3 is 5.11 Å². The molecule has 1 rings (SSSR count). The van der Waals surface area contributed by atoms with Crippen LogP contribution in [0.25, 0.3) is 0 Å². The second kappa shape index (κ2) is 3.43. The average Bonchev–Trinajstić information content (AvgIpc) is 1.97. The van der Waals surface area contributed by atoms with Crippen molar-refractivity contribution < 1.29 is 5.11 Å². The highest BCUT2D eigenvalue weighted by atomic mass is 32.1. The van der Waals surface area contributed by atoms with Crippen molar-refractivity contribution in [3.63, 3.8) is 0 Å². The van der Waals surface area contributed by atoms with E-state index in [-0.39, 0.29) is 10.9 Å². The van der Waals surface area contributed by atoms with E-state index in [1.54, 1.807) is 0 Å². The van der Waals surface area contributed by atoms with E-state index < -0.39 is 0 Å². The van der Waals surface area contributed by atoms with Crippen molar-refractivity contribution in [1.29, 1.82) is 0 Å². The Kier molecular flexibility index (Phi) is 2.89. The van der Waals surface area contributed by atoms with Crippen LogP contribution in [0.1, 0.15) is 33.1 Å². The molecule has 3 atom stereocenters. The van der Waals surface area contributed by atoms with Crippen molar-refractivity contribution in [1.82, 2.24) is 0 Å². The van der Waals surface area contributed by atoms with Crippen molar-refractivity contribution in [3.05, 3.63) is 12.2 Å². The molecular weight excluding hydrogens is 168 g/mol. The molecule has 0 bridgehead atoms. The number of hydrogen-bond donors (Lipinski definition) is 2. The Morgan fingerprint density at radius 2 is 2.25 bits per heavy atom. The van der Waals surface area contributed by atoms with Crippen LogP contribution in [0, 0.1) is 5.92 Å². The fourth-order valence-electron chi connectivity index (χ4n) is 1.82. The van der Waals surface area contributed by atoms with Crippen LogP contribution in [0.2, 0.25) is 0 Å². The molecule has 0 aliphatic heterocycles. The normalized spacial score (nSPS) is 42.7. The summed E-state index contributed by atoms with van der Waals surface area (Å²) in [5, 5.41) is 9.83. The van der Waals surface area contributed by atoms with Gasteiger partial charge in [0.15, 0.2) is 0 Å². The molecule has 0 amide bonds. The van der Waals surface area contributed by atoms with Gasteiger partial charge in [0.25, 0.3) is 0 Å². The van der Waals surface area contributed by atoms with E-state index in [0.29, 0.717) is 5.92 Å². The first-order chi connectivity index (χ1) is 5.47. The van der Waals surface area contributed by atoms with Crippen molar-refractivity contribution >= 4 is 12.6 Å². The lowest BCUT2D eigenvalue weighted by Crippen LogP contribution is -2.42. The van der Waals surface area contributed by atoms with Gasteiger partial charge in [-0.05, 0) is 32.1 Å². The molecule has 12 heavy (non-hydrogen) atoms. The van der Waals surface area contributed by atoms with Gasteiger partial charge in [-0.15, -0.1) is 0 Å². The standard InChI is InChI=1S/C10H18OS/c1-7(2)10(12)5-4-8(3)6-9(10)11/h8-9,11-12H,1,4-6H2,2-3H3/t8-,9-,10+/m1/s1. The third-order valence-electron chi connectivity index (χ3n) is 2.93. The minimum Gasteiger partial charge on any atom is -0.391 e. The van der Waals surface area contributed by atoms with Crippen molar-refractivity contribution in [3.8, 4) is 0 Å². The van der Waals surface area contributed by atoms with Gasteiger partial charge in [-0.2, -0.15) is 12.6 Å². The molecule has 0 heterocycles. The Morgan fingerprint density at radius 3 is 2.67 bits per heavy atom. The average molecular weight is 186 g/mol. The largest absolute Gasteiger partial charge is 0.391 e. The summed E-state index contributed by atoms with van der Waals surface area (Å²) < 4.78 is -0.327. The summed E-state index contributed by atoms with van der Waals surface area (Å²) in [5.41, 5.74) is 0.991. The summed E-state index contributed by atoms with van der Waals surface area (Å²) >= 11 is 4.53. The molecule has 2 heteroatoms. The maximum Gasteiger partial charge on any atom is 0.0724 e. The highest BCUT2D eigenvalue weighted by Gasteiger charge is 2.39. The second-order valence-electron chi connectivity index (χ2n) is 4.10. The topological polar surface area (TPSA) is 20.2 Å². The molecule has 0 aromatic heterocycles. The lowest BCUT2D eigenvalue weighted by Gasteiger charge is -2.40. The van der Waals surface area contributed by atoms with Gasteiger partial charge in [-0.1, -0.05) is 19.1 Å². The quantitative estimate of drug-likeness (QED) is 0.476. The fraction of sp³-hybridized carbons (Fsp3) is 0.800. The molecule has 0 radical (unpaired) electrons. The van der Waals surface area contributed by atoms with Gasteiger partial charge in [0.05, 0.1) is 10.9 Å². The summed E-state index contributed by atoms with van der Waals surface area (Å²) in [6.07, 6.45) is 2.64. The monoisotopic (exact) mass is 186 g/mol. The summed E-state index contributed by atoms with van der Waals surface area (Å²) in [6.45, 7) is 8.02. The van der Waals surface area contributed by atoms with E-state index in [1.165, 1.54) is 0 Å². The van der Waals surface area contributed by atoms with Gasteiger partial charge in [0.1, 0.15) is 0 Å². The van der Waals surface area contributed by atoms with Gasteiger partial charge in [0, 0.05) is 0 Å². The van der Waals surface area contributed by atoms with Crippen LogP contribution in [-0.4, -0.2) is 16.0 Å². The zero-order valence-corrected chi connectivity index (χ0v) is 8.77. The van der Waals surface area contributed by atoms with Crippen LogP contribution >= 0.6 is 12.6 Å². The molecule has 0 unspecified atom stereocenters. The number of hydrogen-bond acceptors (Lipinski definition) is 2. The van der Waals surface area contributed by atoms with Crippen LogP contribution in [0.15, 0.2) is 12.2 Å². The third-order valence-corrected chi connectivity index (χ3v) is 3.84. The third kappa shape index (κ3) is 1.69. The lowest BCUT2D eigenvalue weighted by atomic mass is 9.77. The molecule has 0 aromatic carbocycles. The van der Waals surface area contributed by atoms with Crippen molar-refractivity contribution in [2.75, 3.05) is 0 Å². The Balaban J connectivity index is 2.72. The maximum absolute atomic E-state index is 9.83. The van der Waals surface area contributed by atoms with Crippen LogP contribution in [-0.2, 0) is 0 Å². The van der Waals surface area contributed by atoms with E-state index in [0.717, 1.165) is 24.8 Å². The molecule has 1 nitrogen and oxygen atoms in total. The molecule has 1 N–H and O–H groups in total. The Hall–Kier alpha value is 0.0500. The molecule has 0 spiro atoms. The lowest BCUT2D eigenvalue weighted by molar-refractivity contribution is 0.0835. The number of aliphatic hydroxyl groups is 1. The molecule has 70 valence electrons. The second-order valence-corrected chi connectivity index (χ2v) is 4.90. The van der Waals surface area contributed by atoms with E-state index in [4.69, 9.17) is 0 Å². The SMILES string of the molecule is C=C(C)[C@@]1(S)CC[C@@H](C)C[C@H]1O. The maximum atomic E-state index is 9.83. The summed E-state index contributed by atoms with van der Waals surface area (Å²) in [5.74, 6) is 0.625. The fourth-order valence-corrected chi connectivity index (χ4v) is 2.06. The van der Waals surface area contributed by atoms with Gasteiger partial charge in [-0.25, -0.2) is 0 Å². The van der Waals surface area contributed by atoms with Gasteiger partial charge in [0.2, 0.25) is 0 Å². The molecule has 1 fully saturated rings. The first kappa shape index (κ1) is 10.1. The predicted molar refractivity (Wildman–Crippen MR) is 55.6 cm³/mol. The number of thiol groups is 1. The number of aliphatic hydroxyl groups excluding tert-OH is 1. The Bertz CT molecular complexity index is 190. The highest BCUT2D eigenvalue weighted by molar-refractivity contribution is 7.82. The Morgan fingerprint density at radius 1 is 1.67 bits per heavy atom. The molecule has 0 aromatic rings. The van der Waals surface area contributed by atoms with E-state index in [2.05, 4.69) is 26.1 Å². The smallest absolute Gasteiger partial charge is 0.0724 e. The highest BCUT2D eigenvalue weighted by Crippen LogP contribution is 2.41. The van der Waals surface area contributed by atoms with E-state index >= 15 is 0 Å². The molecular formula is C10H18OS. The summed E-state index contributed by atoms with van der Waals surface area (Å²) in [7, 11) is 0. The molecule has 0 saturated heterocycles. The summed E-state index contributed by atoms with van der Waals surface area (Å²) in [6, 6.07) is 0. The van der Waals surface area contributed by atoms with E-state index in [1.807, 2.05) is 6.92 Å². The van der Waals surface area contributed by atoms with Crippen LogP contribution < -0.4 is 0 Å². The first-order valence-electron chi connectivity index (χ1n) is 4.53. The first-order valence-corrected chi connectivity index (χ1v) is 4.98. The molecule has 1 aliphatic carbocycles. The minimum absolute atomic E-state index is 0.318. The Labute approximate surface area is 80.3 Å². The van der Waals surface area contributed by atoms with Crippen LogP contribution in [0.5, 0.6) is 0 Å². The zero-order valence-electron chi connectivity index (χ0n) is 7.88. The summed E-state index contributed by atoms with van der Waals surface area (Å²) in [4.78, 5) is 0. The molecule has 1 saturated carbocycles. The van der Waals surface area contributed by atoms with Crippen LogP contribution in [0.3, 0.4) is 0 Å². The van der Waals surface area contributed by atoms with Gasteiger partial charge in [-0.3, -0.25) is 0 Å². The van der Waals surface area contributed by atoms with Crippen LogP contribution in [0.4, 0.5) is 0 Å². The van der Waals surface area contributed by atoms with Crippen molar-refractivity contribution in [2.24, 2.45) is 5.92 Å². The minimum atomic E-state index is -0.327. The van der Waals surface area contributed by atoms with E-state index in [9.17, 15) is 5.11 Å². The molecule has 1 aliphatic rings. The number of rotatable bonds is 1. The van der Waals surface area contributed by atoms with Crippen molar-refractivity contribution in [2.45, 2.75) is 44.0 Å². The predicted octanol–water partition coefficient (Wildman–Crippen LogP) is 2.41. The zero-order chi connectivity index (χ0) is 9.35. The van der Waals surface area contributed by atoms with Gasteiger partial charge >= 0.3 is 0 Å².